The van der Waals surface area contributed by atoms with Gasteiger partial charge < -0.3 is 27.9 Å². The average molecular weight is 774 g/mol. The number of allylic oxidation sites excluding steroid dienone is 1. The van der Waals surface area contributed by atoms with Crippen LogP contribution in [-0.2, 0) is 27.9 Å². The van der Waals surface area contributed by atoms with Crippen molar-refractivity contribution < 1.29 is 37.3 Å². The van der Waals surface area contributed by atoms with Crippen LogP contribution in [0.2, 0.25) is 0 Å². The van der Waals surface area contributed by atoms with Crippen molar-refractivity contribution in [3.63, 3.8) is 0 Å². The molecule has 0 saturated carbocycles. The number of likely N-dealkylation sites (N-methyl/N-ethyl adjacent to an activating group) is 1. The summed E-state index contributed by atoms with van der Waals surface area (Å²) in [5, 5.41) is 0. The second-order valence-electron chi connectivity index (χ2n) is 16.5. The highest BCUT2D eigenvalue weighted by molar-refractivity contribution is 7.45. The number of esters is 1. The molecule has 0 bridgehead atoms. The van der Waals surface area contributed by atoms with E-state index in [0.717, 1.165) is 32.1 Å². The molecule has 8 nitrogen and oxygen atoms in total. The Morgan fingerprint density at radius 1 is 0.585 bits per heavy atom. The molecule has 0 N–H and O–H groups in total. The van der Waals surface area contributed by atoms with Crippen LogP contribution in [0.15, 0.2) is 12.3 Å². The van der Waals surface area contributed by atoms with Crippen LogP contribution >= 0.6 is 7.82 Å². The second kappa shape index (κ2) is 38.0. The minimum atomic E-state index is -4.53. The molecule has 0 amide bonds. The fraction of sp³-hybridized carbons (Fsp3) is 0.932. The number of carbonyl (C=O) groups is 1. The van der Waals surface area contributed by atoms with Gasteiger partial charge in [0.15, 0.2) is 6.10 Å². The minimum Gasteiger partial charge on any atom is -0.756 e. The first-order valence-electron chi connectivity index (χ1n) is 22.5. The van der Waals surface area contributed by atoms with Crippen LogP contribution in [0.1, 0.15) is 213 Å². The molecule has 0 aliphatic rings. The average Bonchev–Trinajstić information content (AvgIpc) is 3.11. The smallest absolute Gasteiger partial charge is 0.306 e. The van der Waals surface area contributed by atoms with Crippen molar-refractivity contribution in [2.75, 3.05) is 47.5 Å². The van der Waals surface area contributed by atoms with Gasteiger partial charge in [0.25, 0.3) is 7.82 Å². The summed E-state index contributed by atoms with van der Waals surface area (Å²) in [6.45, 7) is 4.77. The van der Waals surface area contributed by atoms with Gasteiger partial charge in [-0.2, -0.15) is 0 Å². The highest BCUT2D eigenvalue weighted by Gasteiger charge is 2.20. The van der Waals surface area contributed by atoms with Gasteiger partial charge in [0, 0.05) is 6.42 Å². The maximum atomic E-state index is 12.7. The van der Waals surface area contributed by atoms with E-state index in [9.17, 15) is 14.3 Å². The van der Waals surface area contributed by atoms with Crippen LogP contribution in [0.4, 0.5) is 0 Å². The summed E-state index contributed by atoms with van der Waals surface area (Å²) in [6.07, 6.45) is 41.7. The molecule has 0 fully saturated rings. The molecule has 0 rings (SSSR count). The Balaban J connectivity index is 4.24. The topological polar surface area (TPSA) is 94.1 Å². The molecule has 0 aromatic carbocycles. The summed E-state index contributed by atoms with van der Waals surface area (Å²) >= 11 is 0. The molecule has 2 unspecified atom stereocenters. The predicted octanol–water partition coefficient (Wildman–Crippen LogP) is 12.8. The molecule has 9 heteroatoms. The summed E-state index contributed by atoms with van der Waals surface area (Å²) in [7, 11) is 1.34. The van der Waals surface area contributed by atoms with Crippen molar-refractivity contribution in [3.05, 3.63) is 12.3 Å². The third kappa shape index (κ3) is 42.1. The van der Waals surface area contributed by atoms with Crippen molar-refractivity contribution in [1.29, 1.82) is 0 Å². The molecule has 2 atom stereocenters. The number of unbranched alkanes of at least 4 members (excludes halogenated alkanes) is 28. The van der Waals surface area contributed by atoms with Crippen LogP contribution in [-0.4, -0.2) is 64.1 Å². The zero-order chi connectivity index (χ0) is 39.1. The standard InChI is InChI=1S/C44H88NO7P/c1-6-8-10-12-14-16-18-20-22-24-26-28-30-32-34-36-39-49-41-43(42-51-53(47,48)50-40-38-45(3,4)5)52-44(46)37-35-33-31-29-27-25-23-21-19-17-15-13-11-9-7-2/h36,39,43H,6-35,37-38,40-42H2,1-5H3/b39-36+. The van der Waals surface area contributed by atoms with E-state index in [4.69, 9.17) is 18.5 Å². The molecular weight excluding hydrogens is 685 g/mol. The fourth-order valence-electron chi connectivity index (χ4n) is 6.40. The van der Waals surface area contributed by atoms with E-state index in [2.05, 4.69) is 13.8 Å². The Bertz CT molecular complexity index is 863. The van der Waals surface area contributed by atoms with Crippen molar-refractivity contribution in [2.24, 2.45) is 0 Å². The maximum absolute atomic E-state index is 12.7. The van der Waals surface area contributed by atoms with Crippen molar-refractivity contribution >= 4 is 13.8 Å². The SMILES string of the molecule is CCCCCCCCCCCCCCCC/C=C/OCC(COP(=O)([O-])OCC[N+](C)(C)C)OC(=O)CCCCCCCCCCCCCCCCC. The monoisotopic (exact) mass is 774 g/mol. The van der Waals surface area contributed by atoms with E-state index >= 15 is 0 Å². The minimum absolute atomic E-state index is 0.0203. The summed E-state index contributed by atoms with van der Waals surface area (Å²) in [5.41, 5.74) is 0. The summed E-state index contributed by atoms with van der Waals surface area (Å²) < 4.78 is 34.4. The molecule has 0 radical (unpaired) electrons. The lowest BCUT2D eigenvalue weighted by Gasteiger charge is -2.28. The highest BCUT2D eigenvalue weighted by atomic mass is 31.2. The first-order valence-corrected chi connectivity index (χ1v) is 23.9. The van der Waals surface area contributed by atoms with Crippen molar-refractivity contribution in [2.45, 2.75) is 219 Å². The fourth-order valence-corrected chi connectivity index (χ4v) is 7.12. The Morgan fingerprint density at radius 3 is 1.40 bits per heavy atom. The van der Waals surface area contributed by atoms with Gasteiger partial charge in [0.1, 0.15) is 19.8 Å². The normalized spacial score (nSPS) is 13.8. The molecule has 0 saturated heterocycles. The maximum Gasteiger partial charge on any atom is 0.306 e. The molecule has 0 aliphatic carbocycles. The molecule has 316 valence electrons. The number of carbonyl (C=O) groups excluding carboxylic acids is 1. The molecule has 0 heterocycles. The van der Waals surface area contributed by atoms with E-state index in [1.807, 2.05) is 27.2 Å². The van der Waals surface area contributed by atoms with Crippen LogP contribution in [0, 0.1) is 0 Å². The third-order valence-corrected chi connectivity index (χ3v) is 10.9. The van der Waals surface area contributed by atoms with Gasteiger partial charge in [0.05, 0.1) is 34.0 Å². The Morgan fingerprint density at radius 2 is 0.981 bits per heavy atom. The zero-order valence-electron chi connectivity index (χ0n) is 35.7. The van der Waals surface area contributed by atoms with Crippen LogP contribution in [0.5, 0.6) is 0 Å². The molecule has 0 aromatic heterocycles. The Labute approximate surface area is 329 Å². The number of nitrogens with zero attached hydrogens (tertiary/aromatic N) is 1. The van der Waals surface area contributed by atoms with Crippen molar-refractivity contribution in [3.8, 4) is 0 Å². The third-order valence-electron chi connectivity index (χ3n) is 9.91. The summed E-state index contributed by atoms with van der Waals surface area (Å²) in [4.78, 5) is 25.0. The Kier molecular flexibility index (Phi) is 37.3. The van der Waals surface area contributed by atoms with Crippen LogP contribution in [0.25, 0.3) is 0 Å². The number of quaternary nitrogens is 1. The van der Waals surface area contributed by atoms with Gasteiger partial charge in [-0.15, -0.1) is 0 Å². The van der Waals surface area contributed by atoms with Gasteiger partial charge in [-0.25, -0.2) is 0 Å². The second-order valence-corrected chi connectivity index (χ2v) is 17.9. The molecular formula is C44H88NO7P. The van der Waals surface area contributed by atoms with Gasteiger partial charge in [-0.05, 0) is 25.3 Å². The predicted molar refractivity (Wildman–Crippen MR) is 222 cm³/mol. The van der Waals surface area contributed by atoms with Gasteiger partial charge >= 0.3 is 5.97 Å². The van der Waals surface area contributed by atoms with E-state index in [-0.39, 0.29) is 25.8 Å². The number of hydrogen-bond acceptors (Lipinski definition) is 7. The number of hydrogen-bond donors (Lipinski definition) is 0. The molecule has 0 aliphatic heterocycles. The van der Waals surface area contributed by atoms with Crippen LogP contribution in [0.3, 0.4) is 0 Å². The lowest BCUT2D eigenvalue weighted by Crippen LogP contribution is -2.37. The molecule has 0 spiro atoms. The van der Waals surface area contributed by atoms with Gasteiger partial charge in [-0.1, -0.05) is 187 Å². The Hall–Kier alpha value is -0.920. The number of ether oxygens (including phenoxy) is 2. The number of phosphoric acid groups is 1. The molecule has 53 heavy (non-hydrogen) atoms. The zero-order valence-corrected chi connectivity index (χ0v) is 36.6. The molecule has 0 aromatic rings. The van der Waals surface area contributed by atoms with Gasteiger partial charge in [0.2, 0.25) is 0 Å². The first-order chi connectivity index (χ1) is 25.6. The van der Waals surface area contributed by atoms with Gasteiger partial charge in [-0.3, -0.25) is 9.36 Å². The largest absolute Gasteiger partial charge is 0.756 e. The summed E-state index contributed by atoms with van der Waals surface area (Å²) in [5.74, 6) is -0.352. The van der Waals surface area contributed by atoms with E-state index < -0.39 is 13.9 Å². The van der Waals surface area contributed by atoms with Crippen molar-refractivity contribution in [1.82, 2.24) is 0 Å². The van der Waals surface area contributed by atoms with E-state index in [1.54, 1.807) is 6.26 Å². The highest BCUT2D eigenvalue weighted by Crippen LogP contribution is 2.38. The number of phosphoric ester groups is 1. The quantitative estimate of drug-likeness (QED) is 0.0200. The van der Waals surface area contributed by atoms with E-state index in [1.165, 1.54) is 161 Å². The lowest BCUT2D eigenvalue weighted by atomic mass is 10.0. The summed E-state index contributed by atoms with van der Waals surface area (Å²) in [6, 6.07) is 0. The van der Waals surface area contributed by atoms with E-state index in [0.29, 0.717) is 17.4 Å². The van der Waals surface area contributed by atoms with Crippen LogP contribution < -0.4 is 4.89 Å². The lowest BCUT2D eigenvalue weighted by molar-refractivity contribution is -0.870. The number of rotatable bonds is 42. The first kappa shape index (κ1) is 52.1.